The number of benzene rings is 1. The normalized spacial score (nSPS) is 23.5. The van der Waals surface area contributed by atoms with Crippen LogP contribution in [0.15, 0.2) is 18.2 Å². The predicted octanol–water partition coefficient (Wildman–Crippen LogP) is 2.28. The Morgan fingerprint density at radius 1 is 1.19 bits per heavy atom. The van der Waals surface area contributed by atoms with E-state index in [2.05, 4.69) is 4.90 Å². The van der Waals surface area contributed by atoms with Crippen LogP contribution in [0, 0.1) is 6.92 Å². The number of hydrogen-bond donors (Lipinski definition) is 1. The van der Waals surface area contributed by atoms with Crippen molar-refractivity contribution >= 4 is 11.6 Å². The number of nitrogens with two attached hydrogens (primary N) is 1. The second-order valence-electron chi connectivity index (χ2n) is 6.36. The first-order valence-corrected chi connectivity index (χ1v) is 8.04. The summed E-state index contributed by atoms with van der Waals surface area (Å²) in [5.74, 6) is 0.155. The highest BCUT2D eigenvalue weighted by Gasteiger charge is 2.29. The number of anilines is 1. The fourth-order valence-corrected chi connectivity index (χ4v) is 3.54. The molecule has 4 heteroatoms. The van der Waals surface area contributed by atoms with Gasteiger partial charge in [0, 0.05) is 30.4 Å². The number of nitrogens with zero attached hydrogens (tertiary/aromatic N) is 2. The van der Waals surface area contributed by atoms with Crippen LogP contribution >= 0.6 is 0 Å². The first-order valence-electron chi connectivity index (χ1n) is 8.04. The number of carbonyl (C=O) groups excluding carboxylic acids is 1. The summed E-state index contributed by atoms with van der Waals surface area (Å²) in [4.78, 5) is 17.3. The summed E-state index contributed by atoms with van der Waals surface area (Å²) in [7, 11) is 0. The highest BCUT2D eigenvalue weighted by atomic mass is 16.2. The quantitative estimate of drug-likeness (QED) is 0.849. The Labute approximate surface area is 126 Å². The summed E-state index contributed by atoms with van der Waals surface area (Å²) >= 11 is 0. The zero-order chi connectivity index (χ0) is 14.8. The molecular formula is C17H25N3O. The lowest BCUT2D eigenvalue weighted by Gasteiger charge is -2.37. The van der Waals surface area contributed by atoms with Crippen LogP contribution in [0.2, 0.25) is 0 Å². The van der Waals surface area contributed by atoms with Crippen molar-refractivity contribution < 1.29 is 4.79 Å². The van der Waals surface area contributed by atoms with Gasteiger partial charge in [-0.3, -0.25) is 9.69 Å². The second-order valence-corrected chi connectivity index (χ2v) is 6.36. The molecule has 1 unspecified atom stereocenters. The lowest BCUT2D eigenvalue weighted by atomic mass is 10.0. The Balaban J connectivity index is 1.70. The number of amides is 1. The van der Waals surface area contributed by atoms with Crippen LogP contribution in [0.25, 0.3) is 0 Å². The molecule has 2 aliphatic heterocycles. The number of carbonyl (C=O) groups is 1. The van der Waals surface area contributed by atoms with E-state index in [4.69, 9.17) is 5.73 Å². The van der Waals surface area contributed by atoms with Crippen LogP contribution in [0.5, 0.6) is 0 Å². The van der Waals surface area contributed by atoms with E-state index in [0.29, 0.717) is 6.04 Å². The first-order chi connectivity index (χ1) is 10.1. The van der Waals surface area contributed by atoms with Crippen LogP contribution in [0.4, 0.5) is 5.69 Å². The van der Waals surface area contributed by atoms with Crippen LogP contribution in [-0.2, 0) is 0 Å². The fraction of sp³-hybridized carbons (Fsp3) is 0.588. The molecule has 3 rings (SSSR count). The SMILES string of the molecule is Cc1cc(C(=O)N2CCCC(N3CCCC3)C2)ccc1N. The minimum Gasteiger partial charge on any atom is -0.399 e. The molecule has 1 aromatic carbocycles. The molecule has 2 heterocycles. The maximum absolute atomic E-state index is 12.7. The Morgan fingerprint density at radius 3 is 2.67 bits per heavy atom. The number of rotatable bonds is 2. The Bertz CT molecular complexity index is 523. The van der Waals surface area contributed by atoms with Crippen molar-refractivity contribution in [3.63, 3.8) is 0 Å². The van der Waals surface area contributed by atoms with E-state index in [1.165, 1.54) is 32.4 Å². The highest BCUT2D eigenvalue weighted by molar-refractivity contribution is 5.95. The lowest BCUT2D eigenvalue weighted by Crippen LogP contribution is -2.49. The molecule has 1 aromatic rings. The highest BCUT2D eigenvalue weighted by Crippen LogP contribution is 2.22. The number of aryl methyl sites for hydroxylation is 1. The maximum atomic E-state index is 12.7. The van der Waals surface area contributed by atoms with Crippen molar-refractivity contribution in [2.45, 2.75) is 38.6 Å². The lowest BCUT2D eigenvalue weighted by molar-refractivity contribution is 0.0608. The molecule has 2 aliphatic rings. The molecule has 4 nitrogen and oxygen atoms in total. The monoisotopic (exact) mass is 287 g/mol. The molecule has 114 valence electrons. The van der Waals surface area contributed by atoms with Gasteiger partial charge in [-0.1, -0.05) is 0 Å². The molecule has 21 heavy (non-hydrogen) atoms. The summed E-state index contributed by atoms with van der Waals surface area (Å²) in [6, 6.07) is 6.16. The molecule has 0 saturated carbocycles. The van der Waals surface area contributed by atoms with Gasteiger partial charge in [0.1, 0.15) is 0 Å². The van der Waals surface area contributed by atoms with E-state index < -0.39 is 0 Å². The average molecular weight is 287 g/mol. The van der Waals surface area contributed by atoms with Crippen molar-refractivity contribution in [3.8, 4) is 0 Å². The summed E-state index contributed by atoms with van der Waals surface area (Å²) in [6.07, 6.45) is 4.95. The van der Waals surface area contributed by atoms with Gasteiger partial charge in [-0.2, -0.15) is 0 Å². The molecule has 0 aliphatic carbocycles. The number of piperidine rings is 1. The third-order valence-electron chi connectivity index (χ3n) is 4.86. The minimum absolute atomic E-state index is 0.155. The zero-order valence-electron chi connectivity index (χ0n) is 12.8. The van der Waals surface area contributed by atoms with E-state index in [9.17, 15) is 4.79 Å². The third kappa shape index (κ3) is 3.05. The zero-order valence-corrected chi connectivity index (χ0v) is 12.8. The fourth-order valence-electron chi connectivity index (χ4n) is 3.54. The molecule has 1 atom stereocenters. The summed E-state index contributed by atoms with van der Waals surface area (Å²) in [5.41, 5.74) is 8.34. The summed E-state index contributed by atoms with van der Waals surface area (Å²) in [5, 5.41) is 0. The maximum Gasteiger partial charge on any atom is 0.253 e. The Kier molecular flexibility index (Phi) is 4.15. The van der Waals surface area contributed by atoms with Crippen molar-refractivity contribution in [3.05, 3.63) is 29.3 Å². The van der Waals surface area contributed by atoms with Crippen molar-refractivity contribution in [2.75, 3.05) is 31.9 Å². The largest absolute Gasteiger partial charge is 0.399 e. The summed E-state index contributed by atoms with van der Waals surface area (Å²) in [6.45, 7) is 6.12. The predicted molar refractivity (Wildman–Crippen MR) is 85.3 cm³/mol. The first kappa shape index (κ1) is 14.4. The molecule has 0 bridgehead atoms. The van der Waals surface area contributed by atoms with Crippen LogP contribution < -0.4 is 5.73 Å². The van der Waals surface area contributed by atoms with Gasteiger partial charge in [0.15, 0.2) is 0 Å². The van der Waals surface area contributed by atoms with Crippen LogP contribution in [0.1, 0.15) is 41.6 Å². The van der Waals surface area contributed by atoms with E-state index in [1.54, 1.807) is 0 Å². The average Bonchev–Trinajstić information content (AvgIpc) is 3.04. The van der Waals surface area contributed by atoms with Crippen LogP contribution in [-0.4, -0.2) is 47.9 Å². The number of nitrogen functional groups attached to an aromatic ring is 1. The number of hydrogen-bond acceptors (Lipinski definition) is 3. The van der Waals surface area contributed by atoms with Gasteiger partial charge in [0.2, 0.25) is 0 Å². The van der Waals surface area contributed by atoms with Gasteiger partial charge < -0.3 is 10.6 Å². The van der Waals surface area contributed by atoms with Crippen molar-refractivity contribution in [2.24, 2.45) is 0 Å². The molecule has 2 N–H and O–H groups in total. The Hall–Kier alpha value is -1.55. The van der Waals surface area contributed by atoms with Crippen LogP contribution in [0.3, 0.4) is 0 Å². The molecular weight excluding hydrogens is 262 g/mol. The smallest absolute Gasteiger partial charge is 0.253 e. The third-order valence-corrected chi connectivity index (χ3v) is 4.86. The van der Waals surface area contributed by atoms with E-state index in [0.717, 1.165) is 36.3 Å². The van der Waals surface area contributed by atoms with Gasteiger partial charge in [-0.05, 0) is 69.5 Å². The van der Waals surface area contributed by atoms with E-state index >= 15 is 0 Å². The van der Waals surface area contributed by atoms with Gasteiger partial charge in [0.05, 0.1) is 0 Å². The standard InChI is InChI=1S/C17H25N3O/c1-13-11-14(6-7-16(13)18)17(21)20-10-4-5-15(12-20)19-8-2-3-9-19/h6-7,11,15H,2-5,8-10,12,18H2,1H3. The van der Waals surface area contributed by atoms with Crippen molar-refractivity contribution in [1.29, 1.82) is 0 Å². The van der Waals surface area contributed by atoms with Gasteiger partial charge >= 0.3 is 0 Å². The molecule has 0 spiro atoms. The summed E-state index contributed by atoms with van der Waals surface area (Å²) < 4.78 is 0. The van der Waals surface area contributed by atoms with Gasteiger partial charge in [-0.25, -0.2) is 0 Å². The molecule has 2 saturated heterocycles. The van der Waals surface area contributed by atoms with E-state index in [-0.39, 0.29) is 5.91 Å². The second kappa shape index (κ2) is 6.06. The van der Waals surface area contributed by atoms with Gasteiger partial charge in [-0.15, -0.1) is 0 Å². The van der Waals surface area contributed by atoms with E-state index in [1.807, 2.05) is 30.0 Å². The molecule has 0 radical (unpaired) electrons. The Morgan fingerprint density at radius 2 is 1.95 bits per heavy atom. The molecule has 0 aromatic heterocycles. The van der Waals surface area contributed by atoms with Crippen molar-refractivity contribution in [1.82, 2.24) is 9.80 Å². The number of likely N-dealkylation sites (tertiary alicyclic amines) is 2. The minimum atomic E-state index is 0.155. The van der Waals surface area contributed by atoms with Gasteiger partial charge in [0.25, 0.3) is 5.91 Å². The molecule has 2 fully saturated rings. The topological polar surface area (TPSA) is 49.6 Å². The molecule has 1 amide bonds.